The van der Waals surface area contributed by atoms with Crippen LogP contribution in [0.5, 0.6) is 0 Å². The van der Waals surface area contributed by atoms with Gasteiger partial charge in [0, 0.05) is 25.8 Å². The highest BCUT2D eigenvalue weighted by Gasteiger charge is 2.03. The number of halogens is 1. The minimum absolute atomic E-state index is 0.203. The van der Waals surface area contributed by atoms with E-state index in [2.05, 4.69) is 9.88 Å². The second-order valence-corrected chi connectivity index (χ2v) is 4.66. The molecule has 0 aliphatic rings. The maximum atomic E-state index is 12.8. The van der Waals surface area contributed by atoms with Crippen molar-refractivity contribution in [3.05, 3.63) is 65.2 Å². The zero-order valence-electron chi connectivity index (χ0n) is 11.0. The molecule has 2 N–H and O–H groups in total. The van der Waals surface area contributed by atoms with Gasteiger partial charge in [0.15, 0.2) is 0 Å². The molecule has 1 aromatic heterocycles. The Morgan fingerprint density at radius 1 is 1.05 bits per heavy atom. The van der Waals surface area contributed by atoms with Gasteiger partial charge in [0.2, 0.25) is 0 Å². The molecule has 0 unspecified atom stereocenters. The molecule has 0 spiro atoms. The Bertz CT molecular complexity index is 508. The number of nitrogens with zero attached hydrogens (tertiary/aromatic N) is 2. The van der Waals surface area contributed by atoms with Gasteiger partial charge in [0.1, 0.15) is 5.82 Å². The predicted molar refractivity (Wildman–Crippen MR) is 73.7 cm³/mol. The molecule has 2 aromatic rings. The SMILES string of the molecule is CN(Cc1ccc(F)cc1)Cc1ccc(CN)cn1. The molecule has 2 rings (SSSR count). The Hall–Kier alpha value is -1.78. The first-order valence-electron chi connectivity index (χ1n) is 6.24. The van der Waals surface area contributed by atoms with Gasteiger partial charge in [0.05, 0.1) is 5.69 Å². The van der Waals surface area contributed by atoms with Crippen LogP contribution < -0.4 is 5.73 Å². The van der Waals surface area contributed by atoms with Crippen molar-refractivity contribution in [3.8, 4) is 0 Å². The van der Waals surface area contributed by atoms with E-state index in [4.69, 9.17) is 5.73 Å². The zero-order chi connectivity index (χ0) is 13.7. The third kappa shape index (κ3) is 4.12. The molecule has 100 valence electrons. The van der Waals surface area contributed by atoms with Crippen LogP contribution in [0.15, 0.2) is 42.6 Å². The van der Waals surface area contributed by atoms with Gasteiger partial charge >= 0.3 is 0 Å². The van der Waals surface area contributed by atoms with E-state index >= 15 is 0 Å². The number of rotatable bonds is 5. The molecule has 0 saturated carbocycles. The fraction of sp³-hybridized carbons (Fsp3) is 0.267. The molecule has 0 fully saturated rings. The fourth-order valence-corrected chi connectivity index (χ4v) is 1.90. The number of pyridine rings is 1. The van der Waals surface area contributed by atoms with Crippen molar-refractivity contribution in [2.45, 2.75) is 19.6 Å². The topological polar surface area (TPSA) is 42.1 Å². The third-order valence-corrected chi connectivity index (χ3v) is 2.92. The molecule has 0 aliphatic carbocycles. The second kappa shape index (κ2) is 6.41. The number of hydrogen-bond acceptors (Lipinski definition) is 3. The van der Waals surface area contributed by atoms with E-state index in [0.717, 1.165) is 29.9 Å². The first kappa shape index (κ1) is 13.6. The largest absolute Gasteiger partial charge is 0.326 e. The predicted octanol–water partition coefficient (Wildman–Crippen LogP) is 2.31. The van der Waals surface area contributed by atoms with Crippen molar-refractivity contribution in [1.82, 2.24) is 9.88 Å². The van der Waals surface area contributed by atoms with E-state index in [1.165, 1.54) is 12.1 Å². The minimum Gasteiger partial charge on any atom is -0.326 e. The van der Waals surface area contributed by atoms with Gasteiger partial charge in [0.25, 0.3) is 0 Å². The maximum Gasteiger partial charge on any atom is 0.123 e. The minimum atomic E-state index is -0.203. The van der Waals surface area contributed by atoms with E-state index in [1.807, 2.05) is 19.2 Å². The van der Waals surface area contributed by atoms with Crippen molar-refractivity contribution >= 4 is 0 Å². The number of aromatic nitrogens is 1. The molecule has 0 aliphatic heterocycles. The molecule has 4 heteroatoms. The highest BCUT2D eigenvalue weighted by molar-refractivity contribution is 5.17. The molecule has 0 saturated heterocycles. The lowest BCUT2D eigenvalue weighted by atomic mass is 10.2. The van der Waals surface area contributed by atoms with Crippen LogP contribution in [0.1, 0.15) is 16.8 Å². The molecule has 1 heterocycles. The monoisotopic (exact) mass is 259 g/mol. The highest BCUT2D eigenvalue weighted by atomic mass is 19.1. The molecule has 0 amide bonds. The molecule has 0 bridgehead atoms. The van der Waals surface area contributed by atoms with Crippen LogP contribution in [0, 0.1) is 5.82 Å². The molecular weight excluding hydrogens is 241 g/mol. The second-order valence-electron chi connectivity index (χ2n) is 4.66. The van der Waals surface area contributed by atoms with E-state index in [1.54, 1.807) is 18.3 Å². The summed E-state index contributed by atoms with van der Waals surface area (Å²) in [6.07, 6.45) is 1.81. The van der Waals surface area contributed by atoms with E-state index in [0.29, 0.717) is 6.54 Å². The molecule has 0 atom stereocenters. The smallest absolute Gasteiger partial charge is 0.123 e. The summed E-state index contributed by atoms with van der Waals surface area (Å²) in [5, 5.41) is 0. The van der Waals surface area contributed by atoms with Crippen LogP contribution in [-0.2, 0) is 19.6 Å². The van der Waals surface area contributed by atoms with Gasteiger partial charge in [-0.2, -0.15) is 0 Å². The molecule has 1 aromatic carbocycles. The van der Waals surface area contributed by atoms with E-state index in [-0.39, 0.29) is 5.82 Å². The average Bonchev–Trinajstić information content (AvgIpc) is 2.42. The van der Waals surface area contributed by atoms with Crippen LogP contribution in [0.4, 0.5) is 4.39 Å². The van der Waals surface area contributed by atoms with Crippen molar-refractivity contribution in [3.63, 3.8) is 0 Å². The van der Waals surface area contributed by atoms with Gasteiger partial charge in [-0.1, -0.05) is 18.2 Å². The molecule has 19 heavy (non-hydrogen) atoms. The summed E-state index contributed by atoms with van der Waals surface area (Å²) in [4.78, 5) is 6.50. The number of benzene rings is 1. The van der Waals surface area contributed by atoms with Crippen LogP contribution >= 0.6 is 0 Å². The highest BCUT2D eigenvalue weighted by Crippen LogP contribution is 2.08. The van der Waals surface area contributed by atoms with Crippen LogP contribution in [0.25, 0.3) is 0 Å². The van der Waals surface area contributed by atoms with Crippen LogP contribution in [-0.4, -0.2) is 16.9 Å². The zero-order valence-corrected chi connectivity index (χ0v) is 11.0. The summed E-state index contributed by atoms with van der Waals surface area (Å²) in [5.41, 5.74) is 8.65. The summed E-state index contributed by atoms with van der Waals surface area (Å²) in [6, 6.07) is 10.6. The Labute approximate surface area is 112 Å². The van der Waals surface area contributed by atoms with Crippen molar-refractivity contribution in [2.75, 3.05) is 7.05 Å². The fourth-order valence-electron chi connectivity index (χ4n) is 1.90. The summed E-state index contributed by atoms with van der Waals surface area (Å²) >= 11 is 0. The Balaban J connectivity index is 1.92. The molecular formula is C15H18FN3. The first-order valence-corrected chi connectivity index (χ1v) is 6.24. The van der Waals surface area contributed by atoms with Gasteiger partial charge in [-0.05, 0) is 36.4 Å². The number of hydrogen-bond donors (Lipinski definition) is 1. The van der Waals surface area contributed by atoms with Crippen molar-refractivity contribution in [1.29, 1.82) is 0 Å². The first-order chi connectivity index (χ1) is 9.17. The molecule has 0 radical (unpaired) electrons. The molecule has 3 nitrogen and oxygen atoms in total. The average molecular weight is 259 g/mol. The van der Waals surface area contributed by atoms with Gasteiger partial charge in [-0.25, -0.2) is 4.39 Å². The van der Waals surface area contributed by atoms with Crippen molar-refractivity contribution in [2.24, 2.45) is 5.73 Å². The number of nitrogens with two attached hydrogens (primary N) is 1. The summed E-state index contributed by atoms with van der Waals surface area (Å²) in [5.74, 6) is -0.203. The third-order valence-electron chi connectivity index (χ3n) is 2.92. The van der Waals surface area contributed by atoms with Crippen molar-refractivity contribution < 1.29 is 4.39 Å². The van der Waals surface area contributed by atoms with E-state index < -0.39 is 0 Å². The lowest BCUT2D eigenvalue weighted by molar-refractivity contribution is 0.315. The van der Waals surface area contributed by atoms with Crippen LogP contribution in [0.2, 0.25) is 0 Å². The summed E-state index contributed by atoms with van der Waals surface area (Å²) in [7, 11) is 2.02. The normalized spacial score (nSPS) is 10.9. The summed E-state index contributed by atoms with van der Waals surface area (Å²) < 4.78 is 12.8. The standard InChI is InChI=1S/C15H18FN3/c1-19(10-12-2-5-14(16)6-3-12)11-15-7-4-13(8-17)9-18-15/h2-7,9H,8,10-11,17H2,1H3. The Morgan fingerprint density at radius 2 is 1.74 bits per heavy atom. The Morgan fingerprint density at radius 3 is 2.32 bits per heavy atom. The van der Waals surface area contributed by atoms with Crippen LogP contribution in [0.3, 0.4) is 0 Å². The van der Waals surface area contributed by atoms with Gasteiger partial charge in [-0.3, -0.25) is 9.88 Å². The van der Waals surface area contributed by atoms with Gasteiger partial charge < -0.3 is 5.73 Å². The summed E-state index contributed by atoms with van der Waals surface area (Å²) in [6.45, 7) is 2.03. The van der Waals surface area contributed by atoms with Gasteiger partial charge in [-0.15, -0.1) is 0 Å². The lowest BCUT2D eigenvalue weighted by Crippen LogP contribution is -2.18. The Kier molecular flexibility index (Phi) is 4.60. The van der Waals surface area contributed by atoms with E-state index in [9.17, 15) is 4.39 Å². The maximum absolute atomic E-state index is 12.8. The lowest BCUT2D eigenvalue weighted by Gasteiger charge is -2.16. The quantitative estimate of drug-likeness (QED) is 0.896.